The van der Waals surface area contributed by atoms with Gasteiger partial charge in [-0.2, -0.15) is 13.2 Å². The molecule has 0 aliphatic carbocycles. The van der Waals surface area contributed by atoms with Gasteiger partial charge in [0.25, 0.3) is 0 Å². The van der Waals surface area contributed by atoms with E-state index < -0.39 is 12.7 Å². The van der Waals surface area contributed by atoms with E-state index in [4.69, 9.17) is 0 Å². The second-order valence-corrected chi connectivity index (χ2v) is 6.58. The minimum atomic E-state index is -4.13. The summed E-state index contributed by atoms with van der Waals surface area (Å²) in [5.74, 6) is 0.455. The number of nitrogens with zero attached hydrogens (tertiary/aromatic N) is 1. The molecule has 2 nitrogen and oxygen atoms in total. The highest BCUT2D eigenvalue weighted by atomic mass is 19.4. The zero-order valence-corrected chi connectivity index (χ0v) is 13.5. The molecule has 0 saturated carbocycles. The number of halogens is 3. The summed E-state index contributed by atoms with van der Waals surface area (Å²) in [6, 6.07) is 6.41. The van der Waals surface area contributed by atoms with Crippen molar-refractivity contribution in [1.82, 2.24) is 5.32 Å². The van der Waals surface area contributed by atoms with Crippen LogP contribution in [0.25, 0.3) is 0 Å². The number of aryl methyl sites for hydroxylation is 2. The lowest BCUT2D eigenvalue weighted by Crippen LogP contribution is -2.36. The van der Waals surface area contributed by atoms with Crippen LogP contribution in [0.3, 0.4) is 0 Å². The van der Waals surface area contributed by atoms with Gasteiger partial charge in [0.05, 0.1) is 6.54 Å². The summed E-state index contributed by atoms with van der Waals surface area (Å²) in [6.07, 6.45) is -2.29. The lowest BCUT2D eigenvalue weighted by atomic mass is 10.00. The van der Waals surface area contributed by atoms with Crippen molar-refractivity contribution in [2.45, 2.75) is 45.8 Å². The van der Waals surface area contributed by atoms with Crippen molar-refractivity contribution in [2.75, 3.05) is 24.5 Å². The van der Waals surface area contributed by atoms with E-state index in [2.05, 4.69) is 42.3 Å². The highest BCUT2D eigenvalue weighted by Crippen LogP contribution is 2.28. The van der Waals surface area contributed by atoms with Gasteiger partial charge in [0.15, 0.2) is 0 Å². The van der Waals surface area contributed by atoms with Gasteiger partial charge in [-0.1, -0.05) is 6.07 Å². The van der Waals surface area contributed by atoms with E-state index in [9.17, 15) is 13.2 Å². The Hall–Kier alpha value is -1.23. The van der Waals surface area contributed by atoms with Crippen molar-refractivity contribution in [1.29, 1.82) is 0 Å². The first kappa shape index (κ1) is 17.1. The third-order valence-electron chi connectivity index (χ3n) is 4.20. The fourth-order valence-electron chi connectivity index (χ4n) is 3.27. The van der Waals surface area contributed by atoms with Crippen LogP contribution in [0.2, 0.25) is 0 Å². The van der Waals surface area contributed by atoms with Crippen LogP contribution >= 0.6 is 0 Å². The first-order valence-corrected chi connectivity index (χ1v) is 7.86. The normalized spacial score (nSPS) is 20.5. The predicted molar refractivity (Wildman–Crippen MR) is 84.4 cm³/mol. The number of rotatable bonds is 5. The lowest BCUT2D eigenvalue weighted by Gasteiger charge is -2.22. The van der Waals surface area contributed by atoms with Crippen LogP contribution in [-0.4, -0.2) is 31.9 Å². The molecule has 0 radical (unpaired) electrons. The fraction of sp³-hybridized carbons (Fsp3) is 0.647. The average molecular weight is 314 g/mol. The predicted octanol–water partition coefficient (Wildman–Crippen LogP) is 4.06. The van der Waals surface area contributed by atoms with Crippen LogP contribution in [0.1, 0.15) is 30.9 Å². The van der Waals surface area contributed by atoms with Gasteiger partial charge in [-0.25, -0.2) is 0 Å². The van der Waals surface area contributed by atoms with Crippen molar-refractivity contribution in [3.63, 3.8) is 0 Å². The van der Waals surface area contributed by atoms with E-state index in [0.29, 0.717) is 5.92 Å². The lowest BCUT2D eigenvalue weighted by molar-refractivity contribution is -0.126. The summed E-state index contributed by atoms with van der Waals surface area (Å²) in [7, 11) is 0. The molecule has 1 saturated heterocycles. The van der Waals surface area contributed by atoms with Crippen molar-refractivity contribution in [3.8, 4) is 0 Å². The molecule has 22 heavy (non-hydrogen) atoms. The number of hydrogen-bond acceptors (Lipinski definition) is 2. The van der Waals surface area contributed by atoms with Crippen LogP contribution in [0, 0.1) is 19.8 Å². The Morgan fingerprint density at radius 2 is 1.86 bits per heavy atom. The topological polar surface area (TPSA) is 15.3 Å². The molecule has 124 valence electrons. The molecule has 0 spiro atoms. The van der Waals surface area contributed by atoms with Crippen LogP contribution < -0.4 is 10.2 Å². The van der Waals surface area contributed by atoms with E-state index in [1.54, 1.807) is 0 Å². The van der Waals surface area contributed by atoms with Gasteiger partial charge in [0.1, 0.15) is 0 Å². The van der Waals surface area contributed by atoms with Gasteiger partial charge in [0.2, 0.25) is 0 Å². The summed E-state index contributed by atoms with van der Waals surface area (Å²) in [5.41, 5.74) is 3.73. The first-order chi connectivity index (χ1) is 10.2. The van der Waals surface area contributed by atoms with Gasteiger partial charge >= 0.3 is 6.18 Å². The number of alkyl halides is 3. The third-order valence-corrected chi connectivity index (χ3v) is 4.20. The summed E-state index contributed by atoms with van der Waals surface area (Å²) in [5, 5.41) is 2.58. The van der Waals surface area contributed by atoms with Crippen LogP contribution in [0.5, 0.6) is 0 Å². The highest BCUT2D eigenvalue weighted by molar-refractivity contribution is 5.51. The van der Waals surface area contributed by atoms with E-state index in [-0.39, 0.29) is 6.04 Å². The molecular weight excluding hydrogens is 289 g/mol. The summed E-state index contributed by atoms with van der Waals surface area (Å²) >= 11 is 0. The Kier molecular flexibility index (Phi) is 5.37. The zero-order chi connectivity index (χ0) is 16.3. The first-order valence-electron chi connectivity index (χ1n) is 7.86. The van der Waals surface area contributed by atoms with Gasteiger partial charge in [-0.3, -0.25) is 0 Å². The van der Waals surface area contributed by atoms with Gasteiger partial charge in [-0.05, 0) is 62.8 Å². The number of anilines is 1. The fourth-order valence-corrected chi connectivity index (χ4v) is 3.27. The van der Waals surface area contributed by atoms with Gasteiger partial charge in [-0.15, -0.1) is 0 Å². The smallest absolute Gasteiger partial charge is 0.371 e. The summed E-state index contributed by atoms with van der Waals surface area (Å²) in [4.78, 5) is 2.35. The molecule has 5 heteroatoms. The molecule has 1 aliphatic rings. The SMILES string of the molecule is Cc1cc(C)cc(N2CCC(CC(C)NCC(F)(F)F)C2)c1. The summed E-state index contributed by atoms with van der Waals surface area (Å²) in [6.45, 7) is 7.04. The molecule has 1 fully saturated rings. The van der Waals surface area contributed by atoms with Crippen LogP contribution in [0.4, 0.5) is 18.9 Å². The Bertz CT molecular complexity index is 479. The largest absolute Gasteiger partial charge is 0.401 e. The Morgan fingerprint density at radius 3 is 2.45 bits per heavy atom. The molecule has 1 aliphatic heterocycles. The molecule has 0 aromatic heterocycles. The molecule has 1 N–H and O–H groups in total. The number of nitrogens with one attached hydrogen (secondary N) is 1. The molecule has 2 rings (SSSR count). The molecule has 1 heterocycles. The minimum absolute atomic E-state index is 0.106. The van der Waals surface area contributed by atoms with E-state index >= 15 is 0 Å². The van der Waals surface area contributed by atoms with E-state index in [1.165, 1.54) is 16.8 Å². The Balaban J connectivity index is 1.85. The second-order valence-electron chi connectivity index (χ2n) is 6.58. The maximum atomic E-state index is 12.2. The van der Waals surface area contributed by atoms with E-state index in [1.807, 2.05) is 6.92 Å². The standard InChI is InChI=1S/C17H25F3N2/c1-12-6-13(2)8-16(7-12)22-5-4-15(10-22)9-14(3)21-11-17(18,19)20/h6-8,14-15,21H,4-5,9-11H2,1-3H3. The van der Waals surface area contributed by atoms with Crippen molar-refractivity contribution in [2.24, 2.45) is 5.92 Å². The van der Waals surface area contributed by atoms with Gasteiger partial charge < -0.3 is 10.2 Å². The average Bonchev–Trinajstić information content (AvgIpc) is 2.83. The maximum Gasteiger partial charge on any atom is 0.401 e. The molecule has 2 unspecified atom stereocenters. The molecule has 1 aromatic rings. The molecule has 0 amide bonds. The zero-order valence-electron chi connectivity index (χ0n) is 13.5. The quantitative estimate of drug-likeness (QED) is 0.881. The minimum Gasteiger partial charge on any atom is -0.371 e. The molecule has 0 bridgehead atoms. The molecule has 2 atom stereocenters. The monoisotopic (exact) mass is 314 g/mol. The van der Waals surface area contributed by atoms with Gasteiger partial charge in [0, 0.05) is 24.8 Å². The Morgan fingerprint density at radius 1 is 1.23 bits per heavy atom. The summed E-state index contributed by atoms with van der Waals surface area (Å²) < 4.78 is 36.7. The third kappa shape index (κ3) is 5.20. The van der Waals surface area contributed by atoms with Crippen molar-refractivity contribution >= 4 is 5.69 Å². The second kappa shape index (κ2) is 6.90. The van der Waals surface area contributed by atoms with Crippen LogP contribution in [0.15, 0.2) is 18.2 Å². The Labute approximate surface area is 130 Å². The maximum absolute atomic E-state index is 12.2. The number of hydrogen-bond donors (Lipinski definition) is 1. The van der Waals surface area contributed by atoms with Crippen molar-refractivity contribution < 1.29 is 13.2 Å². The van der Waals surface area contributed by atoms with Crippen LogP contribution in [-0.2, 0) is 0 Å². The highest BCUT2D eigenvalue weighted by Gasteiger charge is 2.29. The van der Waals surface area contributed by atoms with E-state index in [0.717, 1.165) is 25.9 Å². The van der Waals surface area contributed by atoms with Crippen molar-refractivity contribution in [3.05, 3.63) is 29.3 Å². The molecule has 1 aromatic carbocycles. The number of benzene rings is 1. The molecular formula is C17H25F3N2.